The van der Waals surface area contributed by atoms with Crippen molar-refractivity contribution in [1.29, 1.82) is 0 Å². The second kappa shape index (κ2) is 6.02. The topological polar surface area (TPSA) is 43.3 Å². The maximum absolute atomic E-state index is 12.0. The van der Waals surface area contributed by atoms with E-state index >= 15 is 0 Å². The third-order valence-corrected chi connectivity index (χ3v) is 3.70. The lowest BCUT2D eigenvalue weighted by molar-refractivity contribution is 0.0936. The predicted molar refractivity (Wildman–Crippen MR) is 74.2 cm³/mol. The SMILES string of the molecule is CCOCCCNC(=O)c1cc2sccc2n1C. The maximum Gasteiger partial charge on any atom is 0.267 e. The Morgan fingerprint density at radius 3 is 3.11 bits per heavy atom. The van der Waals surface area contributed by atoms with Crippen molar-refractivity contribution in [2.75, 3.05) is 19.8 Å². The second-order valence-corrected chi connectivity index (χ2v) is 5.01. The molecule has 4 nitrogen and oxygen atoms in total. The number of rotatable bonds is 6. The first-order chi connectivity index (χ1) is 8.74. The predicted octanol–water partition coefficient (Wildman–Crippen LogP) is 2.40. The summed E-state index contributed by atoms with van der Waals surface area (Å²) in [5.41, 5.74) is 1.83. The molecule has 0 aliphatic carbocycles. The average molecular weight is 266 g/mol. The summed E-state index contributed by atoms with van der Waals surface area (Å²) in [5.74, 6) is -0.0163. The minimum absolute atomic E-state index is 0.0163. The second-order valence-electron chi connectivity index (χ2n) is 4.07. The van der Waals surface area contributed by atoms with Crippen molar-refractivity contribution in [1.82, 2.24) is 9.88 Å². The first kappa shape index (κ1) is 13.1. The lowest BCUT2D eigenvalue weighted by Crippen LogP contribution is -2.27. The fourth-order valence-corrected chi connectivity index (χ4v) is 2.73. The quantitative estimate of drug-likeness (QED) is 0.816. The van der Waals surface area contributed by atoms with Crippen molar-refractivity contribution < 1.29 is 9.53 Å². The van der Waals surface area contributed by atoms with Gasteiger partial charge in [-0.05, 0) is 30.9 Å². The van der Waals surface area contributed by atoms with Crippen LogP contribution in [0.2, 0.25) is 0 Å². The van der Waals surface area contributed by atoms with E-state index in [0.29, 0.717) is 18.8 Å². The van der Waals surface area contributed by atoms with Crippen molar-refractivity contribution in [2.24, 2.45) is 7.05 Å². The summed E-state index contributed by atoms with van der Waals surface area (Å²) in [4.78, 5) is 12.0. The lowest BCUT2D eigenvalue weighted by Gasteiger charge is -2.06. The van der Waals surface area contributed by atoms with Crippen LogP contribution in [0.5, 0.6) is 0 Å². The van der Waals surface area contributed by atoms with Gasteiger partial charge in [0.05, 0.1) is 10.2 Å². The highest BCUT2D eigenvalue weighted by atomic mass is 32.1. The molecule has 1 amide bonds. The van der Waals surface area contributed by atoms with Gasteiger partial charge < -0.3 is 14.6 Å². The lowest BCUT2D eigenvalue weighted by atomic mass is 10.3. The Hall–Kier alpha value is -1.33. The molecule has 18 heavy (non-hydrogen) atoms. The Labute approximate surface area is 111 Å². The highest BCUT2D eigenvalue weighted by Gasteiger charge is 2.13. The Balaban J connectivity index is 1.92. The number of ether oxygens (including phenoxy) is 1. The van der Waals surface area contributed by atoms with E-state index < -0.39 is 0 Å². The summed E-state index contributed by atoms with van der Waals surface area (Å²) < 4.78 is 8.31. The number of aromatic nitrogens is 1. The number of hydrogen-bond acceptors (Lipinski definition) is 3. The van der Waals surface area contributed by atoms with Gasteiger partial charge in [-0.1, -0.05) is 0 Å². The smallest absolute Gasteiger partial charge is 0.267 e. The van der Waals surface area contributed by atoms with Gasteiger partial charge in [-0.3, -0.25) is 4.79 Å². The highest BCUT2D eigenvalue weighted by Crippen LogP contribution is 2.23. The zero-order chi connectivity index (χ0) is 13.0. The zero-order valence-corrected chi connectivity index (χ0v) is 11.5. The number of nitrogens with zero attached hydrogens (tertiary/aromatic N) is 1. The first-order valence-corrected chi connectivity index (χ1v) is 7.01. The van der Waals surface area contributed by atoms with Crippen molar-refractivity contribution in [3.8, 4) is 0 Å². The van der Waals surface area contributed by atoms with Gasteiger partial charge in [0.15, 0.2) is 0 Å². The van der Waals surface area contributed by atoms with Crippen molar-refractivity contribution >= 4 is 27.5 Å². The van der Waals surface area contributed by atoms with Crippen LogP contribution in [0, 0.1) is 0 Å². The zero-order valence-electron chi connectivity index (χ0n) is 10.7. The van der Waals surface area contributed by atoms with Crippen LogP contribution in [0.3, 0.4) is 0 Å². The van der Waals surface area contributed by atoms with Crippen LogP contribution >= 0.6 is 11.3 Å². The molecule has 0 saturated heterocycles. The van der Waals surface area contributed by atoms with Crippen LogP contribution in [-0.4, -0.2) is 30.2 Å². The number of fused-ring (bicyclic) bond motifs is 1. The van der Waals surface area contributed by atoms with Crippen LogP contribution in [0.15, 0.2) is 17.5 Å². The third kappa shape index (κ3) is 2.73. The molecule has 0 bridgehead atoms. The highest BCUT2D eigenvalue weighted by molar-refractivity contribution is 7.17. The Kier molecular flexibility index (Phi) is 4.38. The molecule has 1 N–H and O–H groups in total. The number of aryl methyl sites for hydroxylation is 1. The summed E-state index contributed by atoms with van der Waals surface area (Å²) in [6, 6.07) is 3.98. The molecule has 0 radical (unpaired) electrons. The van der Waals surface area contributed by atoms with Crippen LogP contribution in [0.25, 0.3) is 10.2 Å². The van der Waals surface area contributed by atoms with Gasteiger partial charge in [-0.2, -0.15) is 0 Å². The van der Waals surface area contributed by atoms with Gasteiger partial charge >= 0.3 is 0 Å². The van der Waals surface area contributed by atoms with Gasteiger partial charge in [0, 0.05) is 26.8 Å². The number of hydrogen-bond donors (Lipinski definition) is 1. The molecule has 0 aromatic carbocycles. The maximum atomic E-state index is 12.0. The summed E-state index contributed by atoms with van der Waals surface area (Å²) in [6.45, 7) is 4.04. The molecule has 2 heterocycles. The van der Waals surface area contributed by atoms with Crippen molar-refractivity contribution in [3.63, 3.8) is 0 Å². The Morgan fingerprint density at radius 2 is 2.39 bits per heavy atom. The molecule has 2 rings (SSSR count). The van der Waals surface area contributed by atoms with E-state index in [1.807, 2.05) is 36.1 Å². The van der Waals surface area contributed by atoms with E-state index in [-0.39, 0.29) is 5.91 Å². The number of thiophene rings is 1. The molecule has 0 aliphatic heterocycles. The van der Waals surface area contributed by atoms with E-state index in [1.165, 1.54) is 0 Å². The van der Waals surface area contributed by atoms with Gasteiger partial charge in [0.25, 0.3) is 5.91 Å². The van der Waals surface area contributed by atoms with E-state index in [9.17, 15) is 4.79 Å². The van der Waals surface area contributed by atoms with Crippen LogP contribution in [0.1, 0.15) is 23.8 Å². The molecule has 0 fully saturated rings. The number of nitrogens with one attached hydrogen (secondary N) is 1. The van der Waals surface area contributed by atoms with Gasteiger partial charge in [0.2, 0.25) is 0 Å². The fourth-order valence-electron chi connectivity index (χ4n) is 1.88. The van der Waals surface area contributed by atoms with E-state index in [1.54, 1.807) is 11.3 Å². The standard InChI is InChI=1S/C13H18N2O2S/c1-3-17-7-4-6-14-13(16)11-9-12-10(15(11)2)5-8-18-12/h5,8-9H,3-4,6-7H2,1-2H3,(H,14,16). The molecule has 2 aromatic heterocycles. The molecular formula is C13H18N2O2S. The number of amides is 1. The Morgan fingerprint density at radius 1 is 1.56 bits per heavy atom. The number of carbonyl (C=O) groups excluding carboxylic acids is 1. The van der Waals surface area contributed by atoms with E-state index in [0.717, 1.165) is 23.2 Å². The van der Waals surface area contributed by atoms with Crippen molar-refractivity contribution in [3.05, 3.63) is 23.2 Å². The minimum Gasteiger partial charge on any atom is -0.382 e. The average Bonchev–Trinajstić information content (AvgIpc) is 2.92. The first-order valence-electron chi connectivity index (χ1n) is 6.13. The fraction of sp³-hybridized carbons (Fsp3) is 0.462. The summed E-state index contributed by atoms with van der Waals surface area (Å²) in [6.07, 6.45) is 0.846. The normalized spacial score (nSPS) is 11.0. The molecule has 2 aromatic rings. The van der Waals surface area contributed by atoms with Gasteiger partial charge in [-0.15, -0.1) is 11.3 Å². The third-order valence-electron chi connectivity index (χ3n) is 2.85. The molecule has 5 heteroatoms. The molecule has 0 saturated carbocycles. The largest absolute Gasteiger partial charge is 0.382 e. The molecular weight excluding hydrogens is 248 g/mol. The molecule has 98 valence electrons. The van der Waals surface area contributed by atoms with Crippen molar-refractivity contribution in [2.45, 2.75) is 13.3 Å². The summed E-state index contributed by atoms with van der Waals surface area (Å²) in [7, 11) is 1.92. The summed E-state index contributed by atoms with van der Waals surface area (Å²) in [5, 5.41) is 4.95. The van der Waals surface area contributed by atoms with Crippen LogP contribution < -0.4 is 5.32 Å². The molecule has 0 spiro atoms. The molecule has 0 unspecified atom stereocenters. The molecule has 0 aliphatic rings. The Bertz CT molecular complexity index is 530. The van der Waals surface area contributed by atoms with E-state index in [4.69, 9.17) is 4.74 Å². The molecule has 0 atom stereocenters. The minimum atomic E-state index is -0.0163. The monoisotopic (exact) mass is 266 g/mol. The van der Waals surface area contributed by atoms with Crippen LogP contribution in [0.4, 0.5) is 0 Å². The summed E-state index contributed by atoms with van der Waals surface area (Å²) >= 11 is 1.65. The van der Waals surface area contributed by atoms with Crippen LogP contribution in [-0.2, 0) is 11.8 Å². The van der Waals surface area contributed by atoms with E-state index in [2.05, 4.69) is 5.32 Å². The number of carbonyl (C=O) groups is 1. The van der Waals surface area contributed by atoms with Gasteiger partial charge in [-0.25, -0.2) is 0 Å². The van der Waals surface area contributed by atoms with Gasteiger partial charge in [0.1, 0.15) is 5.69 Å².